The molecule has 1 aliphatic heterocycles. The third kappa shape index (κ3) is 3.14. The Bertz CT molecular complexity index is 704. The zero-order valence-electron chi connectivity index (χ0n) is 12.2. The van der Waals surface area contributed by atoms with Crippen LogP contribution in [0.3, 0.4) is 0 Å². The number of piperidine rings is 1. The molecule has 1 saturated heterocycles. The van der Waals surface area contributed by atoms with Gasteiger partial charge in [-0.15, -0.1) is 0 Å². The molecule has 116 valence electrons. The smallest absolute Gasteiger partial charge is 0.287 e. The number of carbonyl (C=O) groups is 1. The van der Waals surface area contributed by atoms with E-state index in [0.717, 1.165) is 36.1 Å². The Morgan fingerprint density at radius 2 is 2.27 bits per heavy atom. The number of nitrogens with zero attached hydrogens (tertiary/aromatic N) is 4. The van der Waals surface area contributed by atoms with Gasteiger partial charge in [-0.3, -0.25) is 24.3 Å². The zero-order chi connectivity index (χ0) is 16.3. The number of rotatable bonds is 3. The fourth-order valence-corrected chi connectivity index (χ4v) is 2.62. The molecular formula is C14H16N4O4. The van der Waals surface area contributed by atoms with E-state index in [1.165, 1.54) is 0 Å². The van der Waals surface area contributed by atoms with Crippen LogP contribution in [0.4, 0.5) is 5.69 Å². The molecule has 2 rings (SSSR count). The molecule has 0 unspecified atom stereocenters. The first-order valence-electron chi connectivity index (χ1n) is 7.02. The van der Waals surface area contributed by atoms with Gasteiger partial charge in [-0.2, -0.15) is 5.26 Å². The van der Waals surface area contributed by atoms with Crippen LogP contribution in [0.5, 0.6) is 0 Å². The highest BCUT2D eigenvalue weighted by Crippen LogP contribution is 2.17. The summed E-state index contributed by atoms with van der Waals surface area (Å²) in [6.07, 6.45) is 3.87. The highest BCUT2D eigenvalue weighted by Gasteiger charge is 2.24. The largest absolute Gasteiger partial charge is 0.338 e. The van der Waals surface area contributed by atoms with Gasteiger partial charge in [0.15, 0.2) is 0 Å². The fraction of sp³-hybridized carbons (Fsp3) is 0.500. The van der Waals surface area contributed by atoms with Crippen molar-refractivity contribution in [1.82, 2.24) is 9.47 Å². The van der Waals surface area contributed by atoms with Crippen LogP contribution < -0.4 is 5.56 Å². The van der Waals surface area contributed by atoms with Crippen LogP contribution in [0.1, 0.15) is 31.7 Å². The molecule has 0 N–H and O–H groups in total. The topological polar surface area (TPSA) is 109 Å². The number of nitro groups is 1. The molecule has 1 atom stereocenters. The summed E-state index contributed by atoms with van der Waals surface area (Å²) in [5.74, 6) is -0.265. The summed E-state index contributed by atoms with van der Waals surface area (Å²) in [5.41, 5.74) is -1.41. The van der Waals surface area contributed by atoms with E-state index < -0.39 is 10.5 Å². The molecule has 0 spiro atoms. The average molecular weight is 304 g/mol. The van der Waals surface area contributed by atoms with Crippen LogP contribution in [-0.4, -0.2) is 32.9 Å². The minimum atomic E-state index is -0.690. The molecule has 1 aromatic heterocycles. The first kappa shape index (κ1) is 15.7. The Hall–Kier alpha value is -2.69. The van der Waals surface area contributed by atoms with Gasteiger partial charge in [0.2, 0.25) is 5.91 Å². The van der Waals surface area contributed by atoms with Gasteiger partial charge in [-0.05, 0) is 26.2 Å². The highest BCUT2D eigenvalue weighted by atomic mass is 16.6. The number of likely N-dealkylation sites (tertiary alicyclic amines) is 1. The molecule has 1 aliphatic rings. The summed E-state index contributed by atoms with van der Waals surface area (Å²) in [4.78, 5) is 36.2. The predicted octanol–water partition coefficient (Wildman–Crippen LogP) is 1.03. The van der Waals surface area contributed by atoms with Crippen molar-refractivity contribution >= 4 is 11.6 Å². The Morgan fingerprint density at radius 3 is 2.86 bits per heavy atom. The average Bonchev–Trinajstić information content (AvgIpc) is 2.49. The van der Waals surface area contributed by atoms with Crippen molar-refractivity contribution in [2.24, 2.45) is 0 Å². The lowest BCUT2D eigenvalue weighted by molar-refractivity contribution is -0.385. The third-order valence-electron chi connectivity index (χ3n) is 3.83. The van der Waals surface area contributed by atoms with Crippen LogP contribution in [0.25, 0.3) is 0 Å². The van der Waals surface area contributed by atoms with E-state index in [2.05, 4.69) is 0 Å². The molecule has 0 saturated carbocycles. The van der Waals surface area contributed by atoms with Crippen molar-refractivity contribution < 1.29 is 9.72 Å². The molecule has 8 heteroatoms. The maximum atomic E-state index is 12.3. The molecule has 1 fully saturated rings. The van der Waals surface area contributed by atoms with E-state index in [0.29, 0.717) is 6.54 Å². The predicted molar refractivity (Wildman–Crippen MR) is 77.1 cm³/mol. The zero-order valence-corrected chi connectivity index (χ0v) is 12.2. The van der Waals surface area contributed by atoms with E-state index in [1.54, 1.807) is 11.0 Å². The van der Waals surface area contributed by atoms with Crippen molar-refractivity contribution in [3.8, 4) is 6.07 Å². The quantitative estimate of drug-likeness (QED) is 0.612. The number of hydrogen-bond donors (Lipinski definition) is 0. The monoisotopic (exact) mass is 304 g/mol. The molecule has 22 heavy (non-hydrogen) atoms. The fourth-order valence-electron chi connectivity index (χ4n) is 2.62. The van der Waals surface area contributed by atoms with Gasteiger partial charge >= 0.3 is 0 Å². The number of aromatic nitrogens is 1. The summed E-state index contributed by atoms with van der Waals surface area (Å²) in [6.45, 7) is 2.27. The van der Waals surface area contributed by atoms with Gasteiger partial charge in [0.25, 0.3) is 11.2 Å². The van der Waals surface area contributed by atoms with Crippen molar-refractivity contribution in [3.63, 3.8) is 0 Å². The Morgan fingerprint density at radius 1 is 1.55 bits per heavy atom. The summed E-state index contributed by atoms with van der Waals surface area (Å²) >= 11 is 0. The standard InChI is InChI=1S/C14H16N4O4/c1-10-4-2-3-5-17(10)13(19)9-16-8-12(18(21)22)6-11(7-15)14(16)20/h6,8,10H,2-5,9H2,1H3/t10-/m0/s1. The first-order valence-corrected chi connectivity index (χ1v) is 7.02. The van der Waals surface area contributed by atoms with Crippen LogP contribution >= 0.6 is 0 Å². The van der Waals surface area contributed by atoms with Gasteiger partial charge in [0, 0.05) is 18.7 Å². The van der Waals surface area contributed by atoms with E-state index in [-0.39, 0.29) is 29.7 Å². The van der Waals surface area contributed by atoms with Gasteiger partial charge in [-0.25, -0.2) is 0 Å². The molecule has 8 nitrogen and oxygen atoms in total. The molecule has 0 aromatic carbocycles. The molecule has 1 amide bonds. The van der Waals surface area contributed by atoms with Gasteiger partial charge in [0.05, 0.1) is 11.1 Å². The maximum absolute atomic E-state index is 12.3. The maximum Gasteiger partial charge on any atom is 0.287 e. The van der Waals surface area contributed by atoms with Crippen molar-refractivity contribution in [3.05, 3.63) is 38.3 Å². The second-order valence-electron chi connectivity index (χ2n) is 5.35. The van der Waals surface area contributed by atoms with Gasteiger partial charge in [0.1, 0.15) is 18.2 Å². The number of nitriles is 1. The SMILES string of the molecule is C[C@H]1CCCCN1C(=O)Cn1cc([N+](=O)[O-])cc(C#N)c1=O. The highest BCUT2D eigenvalue weighted by molar-refractivity contribution is 5.76. The summed E-state index contributed by atoms with van der Waals surface area (Å²) in [5, 5.41) is 19.8. The van der Waals surface area contributed by atoms with E-state index >= 15 is 0 Å². The van der Waals surface area contributed by atoms with Crippen LogP contribution in [-0.2, 0) is 11.3 Å². The van der Waals surface area contributed by atoms with Gasteiger partial charge in [-0.1, -0.05) is 0 Å². The number of amides is 1. The Balaban J connectivity index is 2.30. The van der Waals surface area contributed by atoms with Gasteiger partial charge < -0.3 is 4.90 Å². The van der Waals surface area contributed by atoms with Crippen molar-refractivity contribution in [2.75, 3.05) is 6.54 Å². The second-order valence-corrected chi connectivity index (χ2v) is 5.35. The molecule has 0 radical (unpaired) electrons. The van der Waals surface area contributed by atoms with Crippen molar-refractivity contribution in [2.45, 2.75) is 38.8 Å². The number of hydrogen-bond acceptors (Lipinski definition) is 5. The summed E-state index contributed by atoms with van der Waals surface area (Å²) in [7, 11) is 0. The Kier molecular flexibility index (Phi) is 4.56. The molecular weight excluding hydrogens is 288 g/mol. The second kappa shape index (κ2) is 6.39. The number of carbonyl (C=O) groups excluding carboxylic acids is 1. The van der Waals surface area contributed by atoms with Crippen LogP contribution in [0.2, 0.25) is 0 Å². The minimum Gasteiger partial charge on any atom is -0.338 e. The van der Waals surface area contributed by atoms with E-state index in [9.17, 15) is 19.7 Å². The van der Waals surface area contributed by atoms with E-state index in [4.69, 9.17) is 5.26 Å². The summed E-state index contributed by atoms with van der Waals surface area (Å²) in [6, 6.07) is 2.64. The lowest BCUT2D eigenvalue weighted by Gasteiger charge is -2.33. The lowest BCUT2D eigenvalue weighted by atomic mass is 10.0. The van der Waals surface area contributed by atoms with E-state index in [1.807, 2.05) is 6.92 Å². The first-order chi connectivity index (χ1) is 10.4. The molecule has 0 bridgehead atoms. The van der Waals surface area contributed by atoms with Crippen LogP contribution in [0, 0.1) is 21.4 Å². The lowest BCUT2D eigenvalue weighted by Crippen LogP contribution is -2.44. The third-order valence-corrected chi connectivity index (χ3v) is 3.83. The minimum absolute atomic E-state index is 0.0890. The summed E-state index contributed by atoms with van der Waals surface area (Å²) < 4.78 is 0.945. The molecule has 0 aliphatic carbocycles. The normalized spacial score (nSPS) is 17.8. The molecule has 2 heterocycles. The van der Waals surface area contributed by atoms with Crippen LogP contribution in [0.15, 0.2) is 17.1 Å². The Labute approximate surface area is 126 Å². The van der Waals surface area contributed by atoms with Crippen molar-refractivity contribution in [1.29, 1.82) is 5.26 Å². The molecule has 1 aromatic rings. The number of pyridine rings is 1.